The number of hydrogen-bond acceptors (Lipinski definition) is 1. The lowest BCUT2D eigenvalue weighted by Crippen LogP contribution is -2.26. The smallest absolute Gasteiger partial charge is 0.0726 e. The molecule has 0 radical (unpaired) electrons. The lowest BCUT2D eigenvalue weighted by molar-refractivity contribution is 0.726. The third-order valence-electron chi connectivity index (χ3n) is 7.32. The van der Waals surface area contributed by atoms with Crippen LogP contribution in [0.2, 0.25) is 0 Å². The molecule has 0 aromatic heterocycles. The van der Waals surface area contributed by atoms with Crippen molar-refractivity contribution in [2.75, 3.05) is 5.73 Å². The molecule has 0 saturated carbocycles. The van der Waals surface area contributed by atoms with E-state index in [4.69, 9.17) is 5.73 Å². The Labute approximate surface area is 178 Å². The van der Waals surface area contributed by atoms with Crippen LogP contribution in [-0.4, -0.2) is 0 Å². The highest BCUT2D eigenvalue weighted by molar-refractivity contribution is 5.95. The third kappa shape index (κ3) is 2.02. The van der Waals surface area contributed by atoms with E-state index in [0.29, 0.717) is 5.92 Å². The Hall–Kier alpha value is -3.32. The predicted molar refractivity (Wildman–Crippen MR) is 126 cm³/mol. The minimum atomic E-state index is -0.295. The summed E-state index contributed by atoms with van der Waals surface area (Å²) < 4.78 is 0. The van der Waals surface area contributed by atoms with Gasteiger partial charge in [-0.15, -0.1) is 0 Å². The summed E-state index contributed by atoms with van der Waals surface area (Å²) in [5.74, 6) is 0.535. The van der Waals surface area contributed by atoms with Crippen molar-refractivity contribution in [3.8, 4) is 22.3 Å². The lowest BCUT2D eigenvalue weighted by Gasteiger charge is -2.31. The Morgan fingerprint density at radius 3 is 1.83 bits per heavy atom. The standard InChI is InChI=1S/C29H25N/c1-3-18(2)19-12-14-23-21-8-4-6-10-25(21)29(27(23)16-19)26-11-7-5-9-22(26)24-15-13-20(30)17-28(24)29/h4-18H,3,30H2,1-2H3/t18-,29?/m0/s1. The Bertz CT molecular complexity index is 1300. The number of anilines is 1. The van der Waals surface area contributed by atoms with Crippen LogP contribution in [0.3, 0.4) is 0 Å². The molecule has 1 unspecified atom stereocenters. The number of nitrogen functional groups attached to an aromatic ring is 1. The van der Waals surface area contributed by atoms with Gasteiger partial charge in [-0.05, 0) is 74.5 Å². The fraction of sp³-hybridized carbons (Fsp3) is 0.172. The van der Waals surface area contributed by atoms with E-state index in [2.05, 4.69) is 92.7 Å². The summed E-state index contributed by atoms with van der Waals surface area (Å²) >= 11 is 0. The summed E-state index contributed by atoms with van der Waals surface area (Å²) in [5, 5.41) is 0. The summed E-state index contributed by atoms with van der Waals surface area (Å²) in [5.41, 5.74) is 19.1. The van der Waals surface area contributed by atoms with Crippen LogP contribution in [0, 0.1) is 0 Å². The average molecular weight is 388 g/mol. The number of fused-ring (bicyclic) bond motifs is 10. The molecule has 2 N–H and O–H groups in total. The summed E-state index contributed by atoms with van der Waals surface area (Å²) in [6.07, 6.45) is 1.14. The van der Waals surface area contributed by atoms with Crippen LogP contribution in [0.5, 0.6) is 0 Å². The van der Waals surface area contributed by atoms with Crippen molar-refractivity contribution >= 4 is 5.69 Å². The molecule has 2 atom stereocenters. The van der Waals surface area contributed by atoms with E-state index in [1.165, 1.54) is 50.1 Å². The second-order valence-electron chi connectivity index (χ2n) is 8.76. The molecule has 0 saturated heterocycles. The molecule has 0 aliphatic heterocycles. The van der Waals surface area contributed by atoms with Gasteiger partial charge in [0.05, 0.1) is 5.41 Å². The number of rotatable bonds is 2. The van der Waals surface area contributed by atoms with Crippen molar-refractivity contribution < 1.29 is 0 Å². The topological polar surface area (TPSA) is 26.0 Å². The van der Waals surface area contributed by atoms with E-state index < -0.39 is 0 Å². The molecule has 2 aliphatic carbocycles. The molecule has 0 heterocycles. The number of hydrogen-bond donors (Lipinski definition) is 1. The highest BCUT2D eigenvalue weighted by atomic mass is 14.6. The Morgan fingerprint density at radius 2 is 1.20 bits per heavy atom. The van der Waals surface area contributed by atoms with Crippen LogP contribution in [0.25, 0.3) is 22.3 Å². The van der Waals surface area contributed by atoms with Crippen molar-refractivity contribution in [2.45, 2.75) is 31.6 Å². The molecule has 4 aromatic carbocycles. The Morgan fingerprint density at radius 1 is 0.667 bits per heavy atom. The first-order valence-corrected chi connectivity index (χ1v) is 10.9. The second-order valence-corrected chi connectivity index (χ2v) is 8.76. The Balaban J connectivity index is 1.80. The first kappa shape index (κ1) is 17.5. The SMILES string of the molecule is CC[C@H](C)c1ccc2c(c1)C1(c3ccccc3-c3ccc(N)cc31)c1ccccc1-2. The van der Waals surface area contributed by atoms with Gasteiger partial charge >= 0.3 is 0 Å². The van der Waals surface area contributed by atoms with Crippen molar-refractivity contribution in [1.82, 2.24) is 0 Å². The van der Waals surface area contributed by atoms with Crippen LogP contribution >= 0.6 is 0 Å². The van der Waals surface area contributed by atoms with Crippen molar-refractivity contribution in [1.29, 1.82) is 0 Å². The fourth-order valence-electron chi connectivity index (χ4n) is 5.72. The summed E-state index contributed by atoms with van der Waals surface area (Å²) in [6.45, 7) is 4.59. The van der Waals surface area contributed by atoms with Crippen molar-refractivity contribution in [3.05, 3.63) is 113 Å². The maximum atomic E-state index is 6.36. The molecule has 2 aliphatic rings. The minimum Gasteiger partial charge on any atom is -0.399 e. The van der Waals surface area contributed by atoms with Gasteiger partial charge in [0.1, 0.15) is 0 Å². The van der Waals surface area contributed by atoms with Crippen molar-refractivity contribution in [3.63, 3.8) is 0 Å². The fourth-order valence-corrected chi connectivity index (χ4v) is 5.72. The summed E-state index contributed by atoms with van der Waals surface area (Å²) in [6, 6.07) is 31.4. The van der Waals surface area contributed by atoms with Gasteiger partial charge in [0.2, 0.25) is 0 Å². The highest BCUT2D eigenvalue weighted by Gasteiger charge is 2.51. The molecule has 1 spiro atoms. The molecule has 6 rings (SSSR count). The maximum absolute atomic E-state index is 6.36. The molecule has 146 valence electrons. The molecule has 1 nitrogen and oxygen atoms in total. The van der Waals surface area contributed by atoms with E-state index in [1.54, 1.807) is 0 Å². The quantitative estimate of drug-likeness (QED) is 0.314. The Kier molecular flexibility index (Phi) is 3.56. The normalized spacial score (nSPS) is 18.6. The zero-order valence-electron chi connectivity index (χ0n) is 17.4. The number of benzene rings is 4. The molecule has 0 bridgehead atoms. The second kappa shape index (κ2) is 6.09. The first-order valence-electron chi connectivity index (χ1n) is 10.9. The lowest BCUT2D eigenvalue weighted by atomic mass is 9.70. The van der Waals surface area contributed by atoms with Gasteiger partial charge in [-0.2, -0.15) is 0 Å². The van der Waals surface area contributed by atoms with Crippen LogP contribution in [0.15, 0.2) is 84.9 Å². The monoisotopic (exact) mass is 387 g/mol. The van der Waals surface area contributed by atoms with Crippen LogP contribution in [0.4, 0.5) is 5.69 Å². The van der Waals surface area contributed by atoms with Gasteiger partial charge in [0.25, 0.3) is 0 Å². The van der Waals surface area contributed by atoms with Crippen LogP contribution in [-0.2, 0) is 5.41 Å². The van der Waals surface area contributed by atoms with Crippen LogP contribution in [0.1, 0.15) is 54.0 Å². The molecular formula is C29H25N. The molecule has 0 fully saturated rings. The van der Waals surface area contributed by atoms with E-state index in [9.17, 15) is 0 Å². The molecule has 0 amide bonds. The van der Waals surface area contributed by atoms with Crippen LogP contribution < -0.4 is 5.73 Å². The average Bonchev–Trinajstić information content (AvgIpc) is 3.25. The molecule has 4 aromatic rings. The van der Waals surface area contributed by atoms with Gasteiger partial charge in [0, 0.05) is 5.69 Å². The predicted octanol–water partition coefficient (Wildman–Crippen LogP) is 7.13. The van der Waals surface area contributed by atoms with E-state index in [0.717, 1.165) is 12.1 Å². The first-order chi connectivity index (χ1) is 14.7. The zero-order valence-corrected chi connectivity index (χ0v) is 17.4. The van der Waals surface area contributed by atoms with Gasteiger partial charge in [-0.25, -0.2) is 0 Å². The van der Waals surface area contributed by atoms with E-state index in [-0.39, 0.29) is 5.41 Å². The summed E-state index contributed by atoms with van der Waals surface area (Å²) in [7, 11) is 0. The van der Waals surface area contributed by atoms with Crippen molar-refractivity contribution in [2.24, 2.45) is 0 Å². The number of nitrogens with two attached hydrogens (primary N) is 1. The van der Waals surface area contributed by atoms with Gasteiger partial charge in [0.15, 0.2) is 0 Å². The minimum absolute atomic E-state index is 0.295. The maximum Gasteiger partial charge on any atom is 0.0726 e. The third-order valence-corrected chi connectivity index (χ3v) is 7.32. The summed E-state index contributed by atoms with van der Waals surface area (Å²) in [4.78, 5) is 0. The van der Waals surface area contributed by atoms with E-state index >= 15 is 0 Å². The molecule has 30 heavy (non-hydrogen) atoms. The molecular weight excluding hydrogens is 362 g/mol. The highest BCUT2D eigenvalue weighted by Crippen LogP contribution is 2.63. The van der Waals surface area contributed by atoms with E-state index in [1.807, 2.05) is 6.07 Å². The van der Waals surface area contributed by atoms with Gasteiger partial charge in [-0.1, -0.05) is 86.6 Å². The zero-order chi connectivity index (χ0) is 20.5. The van der Waals surface area contributed by atoms with Gasteiger partial charge in [-0.3, -0.25) is 0 Å². The van der Waals surface area contributed by atoms with Gasteiger partial charge < -0.3 is 5.73 Å². The molecule has 1 heteroatoms. The largest absolute Gasteiger partial charge is 0.399 e.